The van der Waals surface area contributed by atoms with E-state index in [1.807, 2.05) is 12.1 Å². The highest BCUT2D eigenvalue weighted by molar-refractivity contribution is 5.79. The molecular formula is C19H25FO2. The van der Waals surface area contributed by atoms with Crippen molar-refractivity contribution < 1.29 is 14.3 Å². The number of aliphatic hydroxyl groups is 1. The molecule has 0 bridgehead atoms. The van der Waals surface area contributed by atoms with Crippen LogP contribution in [0.4, 0.5) is 4.39 Å². The molecule has 3 rings (SSSR count). The molecule has 2 fully saturated rings. The fraction of sp³-hybridized carbons (Fsp3) is 0.632. The van der Waals surface area contributed by atoms with Gasteiger partial charge in [-0.15, -0.1) is 0 Å². The van der Waals surface area contributed by atoms with Gasteiger partial charge in [-0.25, -0.2) is 4.39 Å². The normalized spacial score (nSPS) is 27.1. The predicted octanol–water partition coefficient (Wildman–Crippen LogP) is 4.35. The molecule has 0 saturated heterocycles. The van der Waals surface area contributed by atoms with Crippen molar-refractivity contribution in [2.75, 3.05) is 0 Å². The van der Waals surface area contributed by atoms with E-state index in [-0.39, 0.29) is 12.4 Å². The van der Waals surface area contributed by atoms with Gasteiger partial charge >= 0.3 is 0 Å². The van der Waals surface area contributed by atoms with Gasteiger partial charge in [0.1, 0.15) is 11.6 Å². The minimum absolute atomic E-state index is 0.107. The van der Waals surface area contributed by atoms with Crippen molar-refractivity contribution in [1.82, 2.24) is 0 Å². The van der Waals surface area contributed by atoms with E-state index < -0.39 is 0 Å². The lowest BCUT2D eigenvalue weighted by molar-refractivity contribution is -0.121. The van der Waals surface area contributed by atoms with Gasteiger partial charge in [0.05, 0.1) is 6.61 Å². The molecule has 2 aliphatic rings. The molecule has 0 spiro atoms. The summed E-state index contributed by atoms with van der Waals surface area (Å²) >= 11 is 0. The van der Waals surface area contributed by atoms with Gasteiger partial charge in [-0.1, -0.05) is 12.1 Å². The topological polar surface area (TPSA) is 37.3 Å². The smallest absolute Gasteiger partial charge is 0.132 e. The van der Waals surface area contributed by atoms with Crippen LogP contribution in [-0.2, 0) is 11.4 Å². The first-order valence-corrected chi connectivity index (χ1v) is 8.58. The molecule has 0 radical (unpaired) electrons. The predicted molar refractivity (Wildman–Crippen MR) is 84.0 cm³/mol. The van der Waals surface area contributed by atoms with Crippen LogP contribution in [0.3, 0.4) is 0 Å². The average Bonchev–Trinajstić information content (AvgIpc) is 2.56. The van der Waals surface area contributed by atoms with Crippen molar-refractivity contribution in [1.29, 1.82) is 0 Å². The quantitative estimate of drug-likeness (QED) is 0.901. The molecule has 0 atom stereocenters. The van der Waals surface area contributed by atoms with Gasteiger partial charge in [0.15, 0.2) is 0 Å². The molecular weight excluding hydrogens is 279 g/mol. The molecule has 2 nitrogen and oxygen atoms in total. The van der Waals surface area contributed by atoms with E-state index in [2.05, 4.69) is 0 Å². The van der Waals surface area contributed by atoms with Gasteiger partial charge in [0.25, 0.3) is 0 Å². The Balaban J connectivity index is 1.58. The largest absolute Gasteiger partial charge is 0.392 e. The zero-order valence-corrected chi connectivity index (χ0v) is 13.1. The Labute approximate surface area is 131 Å². The average molecular weight is 304 g/mol. The third kappa shape index (κ3) is 3.40. The number of carbonyl (C=O) groups excluding carboxylic acids is 1. The molecule has 22 heavy (non-hydrogen) atoms. The van der Waals surface area contributed by atoms with E-state index in [1.54, 1.807) is 0 Å². The minimum Gasteiger partial charge on any atom is -0.392 e. The second kappa shape index (κ2) is 6.91. The van der Waals surface area contributed by atoms with E-state index >= 15 is 0 Å². The monoisotopic (exact) mass is 304 g/mol. The van der Waals surface area contributed by atoms with Crippen LogP contribution in [0.5, 0.6) is 0 Å². The summed E-state index contributed by atoms with van der Waals surface area (Å²) in [6, 6.07) is 5.15. The number of halogens is 1. The Morgan fingerprint density at radius 2 is 1.64 bits per heavy atom. The van der Waals surface area contributed by atoms with Crippen molar-refractivity contribution in [3.8, 4) is 0 Å². The molecule has 1 aromatic rings. The Kier molecular flexibility index (Phi) is 4.92. The number of aliphatic hydroxyl groups excluding tert-OH is 1. The minimum atomic E-state index is -0.168. The molecule has 0 aliphatic heterocycles. The molecule has 0 unspecified atom stereocenters. The summed E-state index contributed by atoms with van der Waals surface area (Å²) in [5.74, 6) is 2.01. The highest BCUT2D eigenvalue weighted by Crippen LogP contribution is 2.43. The fourth-order valence-electron chi connectivity index (χ4n) is 4.34. The molecule has 120 valence electrons. The Hall–Kier alpha value is -1.22. The van der Waals surface area contributed by atoms with E-state index in [0.717, 1.165) is 62.8 Å². The van der Waals surface area contributed by atoms with E-state index in [9.17, 15) is 9.18 Å². The summed E-state index contributed by atoms with van der Waals surface area (Å²) in [6.07, 6.45) is 8.07. The fourth-order valence-corrected chi connectivity index (χ4v) is 4.34. The Morgan fingerprint density at radius 1 is 1.00 bits per heavy atom. The number of ketones is 1. The van der Waals surface area contributed by atoms with Crippen LogP contribution in [0.1, 0.15) is 68.4 Å². The summed E-state index contributed by atoms with van der Waals surface area (Å²) in [6.45, 7) is -0.107. The number of Topliss-reactive ketones (excluding diaryl/α,β-unsaturated/α-hetero) is 1. The highest BCUT2D eigenvalue weighted by atomic mass is 19.1. The molecule has 1 N–H and O–H groups in total. The van der Waals surface area contributed by atoms with Crippen molar-refractivity contribution in [2.45, 2.75) is 63.9 Å². The van der Waals surface area contributed by atoms with Crippen molar-refractivity contribution in [3.63, 3.8) is 0 Å². The molecule has 2 saturated carbocycles. The van der Waals surface area contributed by atoms with Gasteiger partial charge in [0, 0.05) is 12.8 Å². The summed E-state index contributed by atoms with van der Waals surface area (Å²) in [7, 11) is 0. The van der Waals surface area contributed by atoms with Crippen LogP contribution in [-0.4, -0.2) is 10.9 Å². The standard InChI is InChI=1S/C19H25FO2/c20-19-11-13(12-21)1-10-18(19)16-4-2-14(3-5-16)15-6-8-17(22)9-7-15/h1,10-11,14-16,21H,2-9,12H2. The highest BCUT2D eigenvalue weighted by Gasteiger charge is 2.31. The van der Waals surface area contributed by atoms with Crippen LogP contribution in [0.15, 0.2) is 18.2 Å². The summed E-state index contributed by atoms with van der Waals surface area (Å²) in [5.41, 5.74) is 1.45. The Morgan fingerprint density at radius 3 is 2.23 bits per heavy atom. The van der Waals surface area contributed by atoms with Gasteiger partial charge < -0.3 is 5.11 Å². The van der Waals surface area contributed by atoms with Crippen LogP contribution in [0.25, 0.3) is 0 Å². The second-order valence-electron chi connectivity index (χ2n) is 7.00. The summed E-state index contributed by atoms with van der Waals surface area (Å²) in [5, 5.41) is 9.07. The van der Waals surface area contributed by atoms with Gasteiger partial charge in [-0.05, 0) is 73.5 Å². The lowest BCUT2D eigenvalue weighted by atomic mass is 9.69. The molecule has 0 amide bonds. The van der Waals surface area contributed by atoms with Crippen molar-refractivity contribution in [3.05, 3.63) is 35.1 Å². The number of rotatable bonds is 3. The summed E-state index contributed by atoms with van der Waals surface area (Å²) in [4.78, 5) is 11.4. The number of benzene rings is 1. The molecule has 3 heteroatoms. The number of hydrogen-bond donors (Lipinski definition) is 1. The zero-order valence-electron chi connectivity index (χ0n) is 13.1. The molecule has 0 heterocycles. The number of hydrogen-bond acceptors (Lipinski definition) is 2. The van der Waals surface area contributed by atoms with Gasteiger partial charge in [0.2, 0.25) is 0 Å². The maximum absolute atomic E-state index is 14.2. The lowest BCUT2D eigenvalue weighted by Gasteiger charge is -2.35. The van der Waals surface area contributed by atoms with Crippen molar-refractivity contribution >= 4 is 5.78 Å². The third-order valence-corrected chi connectivity index (χ3v) is 5.71. The number of carbonyl (C=O) groups is 1. The van der Waals surface area contributed by atoms with Crippen molar-refractivity contribution in [2.24, 2.45) is 11.8 Å². The SMILES string of the molecule is O=C1CCC(C2CCC(c3ccc(CO)cc3F)CC2)CC1. The molecule has 1 aromatic carbocycles. The van der Waals surface area contributed by atoms with Crippen LogP contribution in [0.2, 0.25) is 0 Å². The molecule has 0 aromatic heterocycles. The summed E-state index contributed by atoms with van der Waals surface area (Å²) < 4.78 is 14.2. The first-order chi connectivity index (χ1) is 10.7. The first kappa shape index (κ1) is 15.7. The van der Waals surface area contributed by atoms with Gasteiger partial charge in [-0.2, -0.15) is 0 Å². The maximum Gasteiger partial charge on any atom is 0.132 e. The lowest BCUT2D eigenvalue weighted by Crippen LogP contribution is -2.25. The first-order valence-electron chi connectivity index (χ1n) is 8.58. The molecule has 2 aliphatic carbocycles. The Bertz CT molecular complexity index is 522. The van der Waals surface area contributed by atoms with Gasteiger partial charge in [-0.3, -0.25) is 4.79 Å². The van der Waals surface area contributed by atoms with E-state index in [4.69, 9.17) is 5.11 Å². The van der Waals surface area contributed by atoms with E-state index in [1.165, 1.54) is 6.07 Å². The van der Waals surface area contributed by atoms with Crippen LogP contribution in [0, 0.1) is 17.7 Å². The van der Waals surface area contributed by atoms with Crippen LogP contribution < -0.4 is 0 Å². The third-order valence-electron chi connectivity index (χ3n) is 5.71. The zero-order chi connectivity index (χ0) is 15.5. The second-order valence-corrected chi connectivity index (χ2v) is 7.00. The van der Waals surface area contributed by atoms with E-state index in [0.29, 0.717) is 23.2 Å². The van der Waals surface area contributed by atoms with Crippen LogP contribution >= 0.6 is 0 Å². The maximum atomic E-state index is 14.2.